The second kappa shape index (κ2) is 3.59. The molecule has 0 aromatic rings. The van der Waals surface area contributed by atoms with Crippen LogP contribution >= 0.6 is 0 Å². The Kier molecular flexibility index (Phi) is 2.97. The molecule has 0 bridgehead atoms. The fraction of sp³-hybridized carbons (Fsp3) is 0.875. The van der Waals surface area contributed by atoms with E-state index < -0.39 is 0 Å². The normalized spacial score (nSPS) is 23.4. The van der Waals surface area contributed by atoms with Crippen molar-refractivity contribution < 1.29 is 4.74 Å². The Hall–Kier alpha value is -0.0105. The fourth-order valence-electron chi connectivity index (χ4n) is 0.758. The van der Waals surface area contributed by atoms with Gasteiger partial charge in [0.15, 0.2) is 0 Å². The molecule has 3 heteroatoms. The van der Waals surface area contributed by atoms with E-state index >= 15 is 0 Å². The number of hydrogen-bond acceptors (Lipinski definition) is 2. The quantitative estimate of drug-likeness (QED) is 0.569. The molecule has 1 aliphatic rings. The average Bonchev–Trinajstić information content (AvgIpc) is 1.85. The van der Waals surface area contributed by atoms with E-state index in [-0.39, 0.29) is 5.54 Å². The molecular weight excluding hydrogens is 205 g/mol. The third kappa shape index (κ3) is 3.78. The van der Waals surface area contributed by atoms with Crippen LogP contribution in [0.1, 0.15) is 27.2 Å². The number of aliphatic imine (C=N–C) groups is 1. The van der Waals surface area contributed by atoms with Crippen molar-refractivity contribution in [2.75, 3.05) is 6.61 Å². The molecule has 0 aromatic heterocycles. The molecule has 1 heterocycles. The molecular formula is C8H15NOSe. The average molecular weight is 220 g/mol. The molecule has 1 fully saturated rings. The van der Waals surface area contributed by atoms with Crippen molar-refractivity contribution in [1.82, 2.24) is 0 Å². The van der Waals surface area contributed by atoms with Crippen LogP contribution in [0.15, 0.2) is 4.99 Å². The molecule has 0 N–H and O–H groups in total. The Bertz CT molecular complexity index is 152. The van der Waals surface area contributed by atoms with Gasteiger partial charge in [-0.15, -0.1) is 0 Å². The molecule has 0 spiro atoms. The zero-order chi connectivity index (χ0) is 8.32. The van der Waals surface area contributed by atoms with Gasteiger partial charge in [-0.3, -0.25) is 0 Å². The first-order valence-corrected chi connectivity index (χ1v) is 6.00. The van der Waals surface area contributed by atoms with Crippen LogP contribution in [-0.2, 0) is 4.74 Å². The number of rotatable bonds is 0. The molecule has 64 valence electrons. The molecule has 0 unspecified atom stereocenters. The molecule has 11 heavy (non-hydrogen) atoms. The molecule has 1 aliphatic heterocycles. The van der Waals surface area contributed by atoms with Crippen LogP contribution in [0.2, 0.25) is 5.32 Å². The monoisotopic (exact) mass is 221 g/mol. The molecule has 1 rings (SSSR count). The van der Waals surface area contributed by atoms with E-state index in [1.807, 2.05) is 0 Å². The minimum atomic E-state index is 0.0361. The van der Waals surface area contributed by atoms with Crippen molar-refractivity contribution in [3.05, 3.63) is 0 Å². The summed E-state index contributed by atoms with van der Waals surface area (Å²) in [5, 5.41) is 1.29. The van der Waals surface area contributed by atoms with Crippen molar-refractivity contribution in [2.45, 2.75) is 38.1 Å². The molecule has 0 saturated carbocycles. The Balaban J connectivity index is 2.50. The molecule has 0 radical (unpaired) electrons. The van der Waals surface area contributed by atoms with Crippen LogP contribution < -0.4 is 0 Å². The van der Waals surface area contributed by atoms with Gasteiger partial charge in [-0.2, -0.15) is 0 Å². The van der Waals surface area contributed by atoms with Crippen molar-refractivity contribution in [3.63, 3.8) is 0 Å². The first-order valence-electron chi connectivity index (χ1n) is 3.93. The second-order valence-electron chi connectivity index (χ2n) is 3.60. The van der Waals surface area contributed by atoms with Gasteiger partial charge in [0.2, 0.25) is 0 Å². The molecule has 0 atom stereocenters. The summed E-state index contributed by atoms with van der Waals surface area (Å²) in [5.41, 5.74) is 0.0361. The zero-order valence-corrected chi connectivity index (χ0v) is 9.10. The van der Waals surface area contributed by atoms with Crippen LogP contribution in [0.5, 0.6) is 0 Å². The molecule has 0 aromatic carbocycles. The van der Waals surface area contributed by atoms with Crippen LogP contribution in [0.25, 0.3) is 0 Å². The second-order valence-corrected chi connectivity index (χ2v) is 5.79. The van der Waals surface area contributed by atoms with Gasteiger partial charge in [0, 0.05) is 0 Å². The van der Waals surface area contributed by atoms with Gasteiger partial charge < -0.3 is 0 Å². The summed E-state index contributed by atoms with van der Waals surface area (Å²) in [6.45, 7) is 7.19. The van der Waals surface area contributed by atoms with Gasteiger partial charge in [0.05, 0.1) is 0 Å². The van der Waals surface area contributed by atoms with E-state index in [0.717, 1.165) is 11.4 Å². The van der Waals surface area contributed by atoms with E-state index in [9.17, 15) is 0 Å². The first-order chi connectivity index (χ1) is 5.08. The van der Waals surface area contributed by atoms with Gasteiger partial charge in [-0.05, 0) is 0 Å². The van der Waals surface area contributed by atoms with Crippen LogP contribution in [0.4, 0.5) is 0 Å². The Morgan fingerprint density at radius 3 is 2.64 bits per heavy atom. The molecule has 0 aliphatic carbocycles. The van der Waals surface area contributed by atoms with Gasteiger partial charge in [0.1, 0.15) is 0 Å². The maximum absolute atomic E-state index is 5.43. The third-order valence-electron chi connectivity index (χ3n) is 1.17. The van der Waals surface area contributed by atoms with E-state index in [1.54, 1.807) is 0 Å². The first kappa shape index (κ1) is 9.08. The van der Waals surface area contributed by atoms with Gasteiger partial charge in [-0.25, -0.2) is 0 Å². The Morgan fingerprint density at radius 2 is 2.18 bits per heavy atom. The predicted molar refractivity (Wildman–Crippen MR) is 48.3 cm³/mol. The standard InChI is InChI=1S/C8H15NOSe/c1-8(2,3)9-7-10-5-4-6-11-7/h4-6H2,1-3H3. The SMILES string of the molecule is CC(C)(C)N=C1OCCC[Se]1. The summed E-state index contributed by atoms with van der Waals surface area (Å²) < 4.78 is 5.43. The molecule has 0 amide bonds. The summed E-state index contributed by atoms with van der Waals surface area (Å²) >= 11 is 0.505. The topological polar surface area (TPSA) is 21.6 Å². The van der Waals surface area contributed by atoms with Crippen molar-refractivity contribution in [2.24, 2.45) is 4.99 Å². The summed E-state index contributed by atoms with van der Waals surface area (Å²) in [6.07, 6.45) is 1.21. The van der Waals surface area contributed by atoms with Crippen LogP contribution in [-0.4, -0.2) is 31.9 Å². The Labute approximate surface area is 74.6 Å². The predicted octanol–water partition coefficient (Wildman–Crippen LogP) is 1.68. The summed E-state index contributed by atoms with van der Waals surface area (Å²) in [4.78, 5) is 5.50. The van der Waals surface area contributed by atoms with Crippen LogP contribution in [0, 0.1) is 0 Å². The summed E-state index contributed by atoms with van der Waals surface area (Å²) in [7, 11) is 0. The number of hydrogen-bond donors (Lipinski definition) is 0. The summed E-state index contributed by atoms with van der Waals surface area (Å²) in [5.74, 6) is 0. The Morgan fingerprint density at radius 1 is 1.45 bits per heavy atom. The van der Waals surface area contributed by atoms with E-state index in [0.29, 0.717) is 15.0 Å². The molecule has 2 nitrogen and oxygen atoms in total. The third-order valence-corrected chi connectivity index (χ3v) is 3.16. The van der Waals surface area contributed by atoms with Crippen LogP contribution in [0.3, 0.4) is 0 Å². The van der Waals surface area contributed by atoms with Gasteiger partial charge >= 0.3 is 74.1 Å². The van der Waals surface area contributed by atoms with Crippen molar-refractivity contribution in [3.8, 4) is 0 Å². The minimum absolute atomic E-state index is 0.0361. The van der Waals surface area contributed by atoms with E-state index in [1.165, 1.54) is 11.7 Å². The number of ether oxygens (including phenoxy) is 1. The zero-order valence-electron chi connectivity index (χ0n) is 7.39. The van der Waals surface area contributed by atoms with E-state index in [2.05, 4.69) is 25.8 Å². The van der Waals surface area contributed by atoms with E-state index in [4.69, 9.17) is 4.74 Å². The summed E-state index contributed by atoms with van der Waals surface area (Å²) in [6, 6.07) is 0. The maximum atomic E-state index is 5.43. The van der Waals surface area contributed by atoms with Gasteiger partial charge in [-0.1, -0.05) is 0 Å². The van der Waals surface area contributed by atoms with Gasteiger partial charge in [0.25, 0.3) is 0 Å². The fourth-order valence-corrected chi connectivity index (χ4v) is 2.73. The van der Waals surface area contributed by atoms with Crippen molar-refractivity contribution >= 4 is 19.8 Å². The number of nitrogens with zero attached hydrogens (tertiary/aromatic N) is 1. The van der Waals surface area contributed by atoms with Crippen molar-refractivity contribution in [1.29, 1.82) is 0 Å². The molecule has 1 saturated heterocycles.